The van der Waals surface area contributed by atoms with E-state index in [-0.39, 0.29) is 17.9 Å². The topological polar surface area (TPSA) is 95.9 Å². The molecule has 0 aromatic heterocycles. The monoisotopic (exact) mass is 349 g/mol. The predicted molar refractivity (Wildman–Crippen MR) is 90.1 cm³/mol. The molecular weight excluding hydrogens is 334 g/mol. The highest BCUT2D eigenvalue weighted by Gasteiger charge is 2.12. The Morgan fingerprint density at radius 2 is 1.92 bits per heavy atom. The highest BCUT2D eigenvalue weighted by atomic mass is 35.5. The van der Waals surface area contributed by atoms with Crippen molar-refractivity contribution in [3.8, 4) is 11.5 Å². The maximum Gasteiger partial charge on any atom is 0.339 e. The number of anilines is 1. The van der Waals surface area contributed by atoms with E-state index in [1.807, 2.05) is 19.9 Å². The van der Waals surface area contributed by atoms with Crippen LogP contribution in [0.4, 0.5) is 5.69 Å². The third-order valence-electron chi connectivity index (χ3n) is 3.23. The molecule has 0 aliphatic heterocycles. The summed E-state index contributed by atoms with van der Waals surface area (Å²) in [6.45, 7) is 3.46. The summed E-state index contributed by atoms with van der Waals surface area (Å²) in [4.78, 5) is 22.8. The van der Waals surface area contributed by atoms with Gasteiger partial charge < -0.3 is 20.3 Å². The van der Waals surface area contributed by atoms with Crippen LogP contribution in [0.5, 0.6) is 11.5 Å². The molecular formula is C17H16ClNO5. The number of aryl methyl sites for hydroxylation is 2. The Hall–Kier alpha value is -2.73. The smallest absolute Gasteiger partial charge is 0.339 e. The number of rotatable bonds is 5. The first-order valence-electron chi connectivity index (χ1n) is 7.03. The third kappa shape index (κ3) is 4.17. The fraction of sp³-hybridized carbons (Fsp3) is 0.176. The second-order valence-electron chi connectivity index (χ2n) is 5.27. The number of benzene rings is 2. The molecule has 7 heteroatoms. The van der Waals surface area contributed by atoms with Gasteiger partial charge in [0.25, 0.3) is 5.91 Å². The number of carboxylic acids is 1. The Kier molecular flexibility index (Phi) is 5.31. The number of carbonyl (C=O) groups is 2. The zero-order valence-corrected chi connectivity index (χ0v) is 13.8. The van der Waals surface area contributed by atoms with Crippen LogP contribution in [-0.4, -0.2) is 28.7 Å². The zero-order chi connectivity index (χ0) is 17.9. The van der Waals surface area contributed by atoms with Crippen molar-refractivity contribution in [2.75, 3.05) is 11.9 Å². The molecule has 0 aliphatic carbocycles. The second kappa shape index (κ2) is 7.23. The van der Waals surface area contributed by atoms with E-state index < -0.39 is 17.6 Å². The first-order valence-corrected chi connectivity index (χ1v) is 7.41. The van der Waals surface area contributed by atoms with Gasteiger partial charge in [0.1, 0.15) is 17.1 Å². The molecule has 2 rings (SSSR count). The van der Waals surface area contributed by atoms with Gasteiger partial charge in [-0.2, -0.15) is 0 Å². The van der Waals surface area contributed by atoms with Gasteiger partial charge in [0.05, 0.1) is 5.02 Å². The summed E-state index contributed by atoms with van der Waals surface area (Å²) >= 11 is 6.10. The van der Waals surface area contributed by atoms with E-state index in [2.05, 4.69) is 5.32 Å². The summed E-state index contributed by atoms with van der Waals surface area (Å²) < 4.78 is 5.45. The molecule has 0 spiro atoms. The molecule has 0 saturated carbocycles. The summed E-state index contributed by atoms with van der Waals surface area (Å²) in [5, 5.41) is 21.4. The molecule has 6 nitrogen and oxygen atoms in total. The van der Waals surface area contributed by atoms with Crippen LogP contribution in [0, 0.1) is 13.8 Å². The molecule has 0 unspecified atom stereocenters. The Morgan fingerprint density at radius 3 is 2.50 bits per heavy atom. The van der Waals surface area contributed by atoms with E-state index in [1.165, 1.54) is 12.1 Å². The molecule has 0 radical (unpaired) electrons. The summed E-state index contributed by atoms with van der Waals surface area (Å²) in [6.07, 6.45) is 0. The normalized spacial score (nSPS) is 10.3. The Morgan fingerprint density at radius 1 is 1.21 bits per heavy atom. The van der Waals surface area contributed by atoms with Gasteiger partial charge in [-0.1, -0.05) is 17.7 Å². The van der Waals surface area contributed by atoms with Gasteiger partial charge in [0.2, 0.25) is 0 Å². The van der Waals surface area contributed by atoms with Crippen molar-refractivity contribution in [3.05, 3.63) is 52.0 Å². The molecule has 2 aromatic carbocycles. The lowest BCUT2D eigenvalue weighted by molar-refractivity contribution is -0.118. The average molecular weight is 350 g/mol. The van der Waals surface area contributed by atoms with Crippen molar-refractivity contribution in [2.24, 2.45) is 0 Å². The van der Waals surface area contributed by atoms with E-state index in [0.29, 0.717) is 10.8 Å². The number of carbonyl (C=O) groups excluding carboxylic acids is 1. The van der Waals surface area contributed by atoms with Crippen LogP contribution in [0.15, 0.2) is 30.3 Å². The highest BCUT2D eigenvalue weighted by Crippen LogP contribution is 2.29. The van der Waals surface area contributed by atoms with Gasteiger partial charge in [-0.05, 0) is 43.2 Å². The number of amides is 1. The number of phenols is 1. The Bertz CT molecular complexity index is 781. The maximum atomic E-state index is 11.9. The average Bonchev–Trinajstić information content (AvgIpc) is 2.45. The van der Waals surface area contributed by atoms with Crippen LogP contribution < -0.4 is 10.1 Å². The van der Waals surface area contributed by atoms with E-state index in [1.54, 1.807) is 6.07 Å². The first kappa shape index (κ1) is 17.6. The predicted octanol–water partition coefficient (Wildman–Crippen LogP) is 3.38. The van der Waals surface area contributed by atoms with Gasteiger partial charge >= 0.3 is 5.97 Å². The molecule has 0 bridgehead atoms. The summed E-state index contributed by atoms with van der Waals surface area (Å²) in [7, 11) is 0. The van der Waals surface area contributed by atoms with Gasteiger partial charge in [0.15, 0.2) is 6.61 Å². The fourth-order valence-electron chi connectivity index (χ4n) is 2.21. The van der Waals surface area contributed by atoms with Gasteiger partial charge in [-0.25, -0.2) is 4.79 Å². The SMILES string of the molecule is Cc1cc(C)c(OCC(=O)Nc2ccc(C(=O)O)c(O)c2)c(Cl)c1. The highest BCUT2D eigenvalue weighted by molar-refractivity contribution is 6.32. The number of ether oxygens (including phenoxy) is 1. The van der Waals surface area contributed by atoms with E-state index >= 15 is 0 Å². The molecule has 3 N–H and O–H groups in total. The van der Waals surface area contributed by atoms with Crippen molar-refractivity contribution in [3.63, 3.8) is 0 Å². The molecule has 2 aromatic rings. The molecule has 0 fully saturated rings. The van der Waals surface area contributed by atoms with Crippen LogP contribution in [0.1, 0.15) is 21.5 Å². The number of hydrogen-bond donors (Lipinski definition) is 3. The van der Waals surface area contributed by atoms with Crippen LogP contribution in [0.2, 0.25) is 5.02 Å². The lowest BCUT2D eigenvalue weighted by atomic mass is 10.1. The quantitative estimate of drug-likeness (QED) is 0.769. The number of hydrogen-bond acceptors (Lipinski definition) is 4. The minimum Gasteiger partial charge on any atom is -0.507 e. The van der Waals surface area contributed by atoms with Crippen LogP contribution in [0.25, 0.3) is 0 Å². The van der Waals surface area contributed by atoms with Crippen molar-refractivity contribution in [1.82, 2.24) is 0 Å². The second-order valence-corrected chi connectivity index (χ2v) is 5.67. The maximum absolute atomic E-state index is 11.9. The molecule has 24 heavy (non-hydrogen) atoms. The van der Waals surface area contributed by atoms with Crippen molar-refractivity contribution in [1.29, 1.82) is 0 Å². The Balaban J connectivity index is 2.02. The van der Waals surface area contributed by atoms with E-state index in [4.69, 9.17) is 21.4 Å². The van der Waals surface area contributed by atoms with Crippen LogP contribution in [0.3, 0.4) is 0 Å². The minimum atomic E-state index is -1.25. The van der Waals surface area contributed by atoms with Gasteiger partial charge in [0, 0.05) is 11.8 Å². The van der Waals surface area contributed by atoms with Crippen molar-refractivity contribution >= 4 is 29.2 Å². The lowest BCUT2D eigenvalue weighted by Gasteiger charge is -2.12. The largest absolute Gasteiger partial charge is 0.507 e. The van der Waals surface area contributed by atoms with E-state index in [9.17, 15) is 14.7 Å². The molecule has 0 aliphatic rings. The van der Waals surface area contributed by atoms with Crippen molar-refractivity contribution < 1.29 is 24.5 Å². The van der Waals surface area contributed by atoms with Gasteiger partial charge in [-0.3, -0.25) is 4.79 Å². The summed E-state index contributed by atoms with van der Waals surface area (Å²) in [6, 6.07) is 7.37. The van der Waals surface area contributed by atoms with Crippen molar-refractivity contribution in [2.45, 2.75) is 13.8 Å². The molecule has 0 atom stereocenters. The fourth-order valence-corrected chi connectivity index (χ4v) is 2.59. The molecule has 1 amide bonds. The Labute approximate surface area is 143 Å². The summed E-state index contributed by atoms with van der Waals surface area (Å²) in [5.41, 5.74) is 1.82. The standard InChI is InChI=1S/C17H16ClNO5/c1-9-5-10(2)16(13(18)6-9)24-8-15(21)19-11-3-4-12(17(22)23)14(20)7-11/h3-7,20H,8H2,1-2H3,(H,19,21)(H,22,23). The number of carboxylic acid groups (broad SMARTS) is 1. The molecule has 126 valence electrons. The number of aromatic carboxylic acids is 1. The lowest BCUT2D eigenvalue weighted by Crippen LogP contribution is -2.20. The van der Waals surface area contributed by atoms with Gasteiger partial charge in [-0.15, -0.1) is 0 Å². The zero-order valence-electron chi connectivity index (χ0n) is 13.1. The number of aromatic hydroxyl groups is 1. The molecule has 0 heterocycles. The van der Waals surface area contributed by atoms with Crippen LogP contribution >= 0.6 is 11.6 Å². The van der Waals surface area contributed by atoms with Crippen LogP contribution in [-0.2, 0) is 4.79 Å². The number of nitrogens with one attached hydrogen (secondary N) is 1. The first-order chi connectivity index (χ1) is 11.3. The minimum absolute atomic E-state index is 0.244. The third-order valence-corrected chi connectivity index (χ3v) is 3.51. The molecule has 0 saturated heterocycles. The van der Waals surface area contributed by atoms with E-state index in [0.717, 1.165) is 17.2 Å². The summed E-state index contributed by atoms with van der Waals surface area (Å²) in [5.74, 6) is -1.72. The number of halogens is 1.